The molecule has 0 aliphatic heterocycles. The van der Waals surface area contributed by atoms with Gasteiger partial charge in [-0.25, -0.2) is 4.98 Å². The number of nitrogens with one attached hydrogen (secondary N) is 2. The van der Waals surface area contributed by atoms with Crippen molar-refractivity contribution < 1.29 is 14.3 Å². The van der Waals surface area contributed by atoms with Crippen LogP contribution in [0.5, 0.6) is 0 Å². The van der Waals surface area contributed by atoms with Gasteiger partial charge in [0.05, 0.1) is 11.9 Å². The van der Waals surface area contributed by atoms with Crippen molar-refractivity contribution in [3.05, 3.63) is 66.4 Å². The Hall–Kier alpha value is -3.41. The highest BCUT2D eigenvalue weighted by Crippen LogP contribution is 2.22. The first-order valence-corrected chi connectivity index (χ1v) is 9.03. The van der Waals surface area contributed by atoms with Gasteiger partial charge in [0, 0.05) is 19.0 Å². The number of ether oxygens (including phenoxy) is 1. The molecule has 0 aliphatic carbocycles. The van der Waals surface area contributed by atoms with Gasteiger partial charge >= 0.3 is 5.97 Å². The van der Waals surface area contributed by atoms with Crippen molar-refractivity contribution in [2.24, 2.45) is 0 Å². The second kappa shape index (κ2) is 8.08. The van der Waals surface area contributed by atoms with Crippen molar-refractivity contribution in [3.8, 4) is 22.6 Å². The minimum Gasteiger partial charge on any atom is -0.450 e. The van der Waals surface area contributed by atoms with Gasteiger partial charge in [-0.1, -0.05) is 48.5 Å². The van der Waals surface area contributed by atoms with Crippen LogP contribution in [0.4, 0.5) is 0 Å². The molecule has 0 bridgehead atoms. The number of esters is 1. The van der Waals surface area contributed by atoms with Gasteiger partial charge in [0.1, 0.15) is 5.82 Å². The summed E-state index contributed by atoms with van der Waals surface area (Å²) in [5.74, 6) is -0.0843. The van der Waals surface area contributed by atoms with E-state index in [4.69, 9.17) is 4.74 Å². The third kappa shape index (κ3) is 4.65. The SMILES string of the molecule is CC(=O)OC(C)(C)C(=O)NCc1cccc(-c2ncc(-c3ccccc3)[nH]2)c1. The second-order valence-corrected chi connectivity index (χ2v) is 7.00. The number of imidazole rings is 1. The molecule has 2 N–H and O–H groups in total. The summed E-state index contributed by atoms with van der Waals surface area (Å²) in [6, 6.07) is 17.7. The molecular formula is C22H23N3O3. The van der Waals surface area contributed by atoms with Gasteiger partial charge in [-0.15, -0.1) is 0 Å². The first-order chi connectivity index (χ1) is 13.3. The summed E-state index contributed by atoms with van der Waals surface area (Å²) in [7, 11) is 0. The fourth-order valence-corrected chi connectivity index (χ4v) is 2.86. The normalized spacial score (nSPS) is 11.1. The smallest absolute Gasteiger partial charge is 0.303 e. The first-order valence-electron chi connectivity index (χ1n) is 9.03. The van der Waals surface area contributed by atoms with Crippen LogP contribution in [0.3, 0.4) is 0 Å². The monoisotopic (exact) mass is 377 g/mol. The Bertz CT molecular complexity index is 977. The van der Waals surface area contributed by atoms with Crippen molar-refractivity contribution in [1.29, 1.82) is 0 Å². The number of H-pyrrole nitrogens is 1. The molecule has 3 rings (SSSR count). The lowest BCUT2D eigenvalue weighted by atomic mass is 10.1. The molecule has 3 aromatic rings. The number of carbonyl (C=O) groups excluding carboxylic acids is 2. The summed E-state index contributed by atoms with van der Waals surface area (Å²) < 4.78 is 5.06. The maximum Gasteiger partial charge on any atom is 0.303 e. The average Bonchev–Trinajstić information content (AvgIpc) is 3.16. The Balaban J connectivity index is 1.70. The number of carbonyl (C=O) groups is 2. The lowest BCUT2D eigenvalue weighted by Gasteiger charge is -2.23. The number of hydrogen-bond donors (Lipinski definition) is 2. The summed E-state index contributed by atoms with van der Waals surface area (Å²) in [6.45, 7) is 4.73. The van der Waals surface area contributed by atoms with Gasteiger partial charge in [0.2, 0.25) is 0 Å². The van der Waals surface area contributed by atoms with Gasteiger partial charge in [0.25, 0.3) is 5.91 Å². The van der Waals surface area contributed by atoms with Gasteiger partial charge in [0.15, 0.2) is 5.60 Å². The van der Waals surface area contributed by atoms with Crippen LogP contribution >= 0.6 is 0 Å². The zero-order valence-electron chi connectivity index (χ0n) is 16.2. The molecule has 1 heterocycles. The maximum absolute atomic E-state index is 12.3. The summed E-state index contributed by atoms with van der Waals surface area (Å²) in [4.78, 5) is 31.2. The lowest BCUT2D eigenvalue weighted by molar-refractivity contribution is -0.163. The van der Waals surface area contributed by atoms with E-state index in [0.717, 1.165) is 28.2 Å². The predicted octanol–water partition coefficient (Wildman–Crippen LogP) is 3.70. The quantitative estimate of drug-likeness (QED) is 0.642. The van der Waals surface area contributed by atoms with Crippen molar-refractivity contribution in [1.82, 2.24) is 15.3 Å². The molecule has 144 valence electrons. The van der Waals surface area contributed by atoms with Crippen LogP contribution in [0, 0.1) is 0 Å². The Morgan fingerprint density at radius 1 is 1.07 bits per heavy atom. The molecule has 0 fully saturated rings. The minimum absolute atomic E-state index is 0.323. The van der Waals surface area contributed by atoms with Gasteiger partial charge < -0.3 is 15.0 Å². The number of aromatic nitrogens is 2. The van der Waals surface area contributed by atoms with E-state index in [9.17, 15) is 9.59 Å². The number of benzene rings is 2. The molecule has 0 aliphatic rings. The van der Waals surface area contributed by atoms with Crippen LogP contribution in [-0.2, 0) is 20.9 Å². The predicted molar refractivity (Wildman–Crippen MR) is 107 cm³/mol. The van der Waals surface area contributed by atoms with E-state index in [2.05, 4.69) is 15.3 Å². The topological polar surface area (TPSA) is 84.1 Å². The molecule has 0 radical (unpaired) electrons. The van der Waals surface area contributed by atoms with E-state index >= 15 is 0 Å². The van der Waals surface area contributed by atoms with Crippen LogP contribution in [0.15, 0.2) is 60.8 Å². The minimum atomic E-state index is -1.21. The number of aromatic amines is 1. The van der Waals surface area contributed by atoms with Crippen molar-refractivity contribution in [3.63, 3.8) is 0 Å². The molecule has 0 spiro atoms. The van der Waals surface area contributed by atoms with E-state index in [1.54, 1.807) is 20.0 Å². The fourth-order valence-electron chi connectivity index (χ4n) is 2.86. The molecule has 2 aromatic carbocycles. The van der Waals surface area contributed by atoms with Crippen molar-refractivity contribution in [2.45, 2.75) is 32.9 Å². The van der Waals surface area contributed by atoms with E-state index in [1.807, 2.05) is 54.6 Å². The maximum atomic E-state index is 12.3. The van der Waals surface area contributed by atoms with Crippen LogP contribution in [0.1, 0.15) is 26.3 Å². The highest BCUT2D eigenvalue weighted by atomic mass is 16.6. The Kier molecular flexibility index (Phi) is 5.59. The van der Waals surface area contributed by atoms with E-state index < -0.39 is 11.6 Å². The Morgan fingerprint density at radius 3 is 2.50 bits per heavy atom. The Morgan fingerprint density at radius 2 is 1.79 bits per heavy atom. The third-order valence-corrected chi connectivity index (χ3v) is 4.26. The van der Waals surface area contributed by atoms with Crippen LogP contribution in [0.2, 0.25) is 0 Å². The van der Waals surface area contributed by atoms with Crippen molar-refractivity contribution in [2.75, 3.05) is 0 Å². The number of nitrogens with zero attached hydrogens (tertiary/aromatic N) is 1. The summed E-state index contributed by atoms with van der Waals surface area (Å²) >= 11 is 0. The van der Waals surface area contributed by atoms with E-state index in [1.165, 1.54) is 6.92 Å². The average molecular weight is 377 g/mol. The highest BCUT2D eigenvalue weighted by molar-refractivity contribution is 5.86. The van der Waals surface area contributed by atoms with E-state index in [0.29, 0.717) is 6.54 Å². The summed E-state index contributed by atoms with van der Waals surface area (Å²) in [6.07, 6.45) is 1.81. The van der Waals surface area contributed by atoms with Gasteiger partial charge in [-0.05, 0) is 31.0 Å². The van der Waals surface area contributed by atoms with Gasteiger partial charge in [-0.3, -0.25) is 9.59 Å². The number of hydrogen-bond acceptors (Lipinski definition) is 4. The fraction of sp³-hybridized carbons (Fsp3) is 0.227. The molecule has 28 heavy (non-hydrogen) atoms. The molecule has 6 heteroatoms. The molecule has 6 nitrogen and oxygen atoms in total. The Labute approximate surface area is 164 Å². The van der Waals surface area contributed by atoms with Crippen LogP contribution < -0.4 is 5.32 Å². The molecule has 0 atom stereocenters. The molecule has 0 unspecified atom stereocenters. The molecule has 0 saturated carbocycles. The lowest BCUT2D eigenvalue weighted by Crippen LogP contribution is -2.44. The van der Waals surface area contributed by atoms with Crippen molar-refractivity contribution >= 4 is 11.9 Å². The third-order valence-electron chi connectivity index (χ3n) is 4.26. The summed E-state index contributed by atoms with van der Waals surface area (Å²) in [5, 5.41) is 2.81. The molecule has 0 saturated heterocycles. The molecule has 1 aromatic heterocycles. The standard InChI is InChI=1S/C22H23N3O3/c1-15(26)28-22(2,3)21(27)24-13-16-8-7-11-18(12-16)20-23-14-19(25-20)17-9-5-4-6-10-17/h4-12,14H,13H2,1-3H3,(H,23,25)(H,24,27). The summed E-state index contributed by atoms with van der Waals surface area (Å²) in [5.41, 5.74) is 2.64. The first kappa shape index (κ1) is 19.4. The van der Waals surface area contributed by atoms with Crippen LogP contribution in [-0.4, -0.2) is 27.4 Å². The highest BCUT2D eigenvalue weighted by Gasteiger charge is 2.30. The largest absolute Gasteiger partial charge is 0.450 e. The molecular weight excluding hydrogens is 354 g/mol. The second-order valence-electron chi connectivity index (χ2n) is 7.00. The zero-order valence-corrected chi connectivity index (χ0v) is 16.2. The zero-order chi connectivity index (χ0) is 20.1. The van der Waals surface area contributed by atoms with Gasteiger partial charge in [-0.2, -0.15) is 0 Å². The van der Waals surface area contributed by atoms with E-state index in [-0.39, 0.29) is 5.91 Å². The number of amides is 1. The van der Waals surface area contributed by atoms with Crippen LogP contribution in [0.25, 0.3) is 22.6 Å². The number of rotatable bonds is 6. The molecule has 1 amide bonds.